The van der Waals surface area contributed by atoms with Crippen LogP contribution in [0.4, 0.5) is 4.39 Å². The van der Waals surface area contributed by atoms with Crippen LogP contribution in [0.5, 0.6) is 0 Å². The fourth-order valence-corrected chi connectivity index (χ4v) is 4.08. The van der Waals surface area contributed by atoms with E-state index in [9.17, 15) is 9.18 Å². The molecule has 148 valence electrons. The first-order valence-electron chi connectivity index (χ1n) is 9.97. The normalized spacial score (nSPS) is 21.7. The quantitative estimate of drug-likeness (QED) is 0.713. The van der Waals surface area contributed by atoms with Gasteiger partial charge in [0, 0.05) is 19.6 Å². The van der Waals surface area contributed by atoms with Crippen LogP contribution in [0, 0.1) is 5.82 Å². The molecule has 2 fully saturated rings. The molecule has 28 heavy (non-hydrogen) atoms. The lowest BCUT2D eigenvalue weighted by Gasteiger charge is -2.40. The minimum Gasteiger partial charge on any atom is -0.462 e. The second-order valence-corrected chi connectivity index (χ2v) is 7.75. The molecule has 0 N–H and O–H groups in total. The predicted molar refractivity (Wildman–Crippen MR) is 104 cm³/mol. The molecule has 1 aliphatic heterocycles. The number of esters is 1. The van der Waals surface area contributed by atoms with Crippen molar-refractivity contribution in [2.24, 2.45) is 0 Å². The van der Waals surface area contributed by atoms with Crippen LogP contribution in [-0.4, -0.2) is 43.3 Å². The van der Waals surface area contributed by atoms with Crippen molar-refractivity contribution < 1.29 is 18.7 Å². The molecule has 4 rings (SSSR count). The minimum absolute atomic E-state index is 0.119. The fraction of sp³-hybridized carbons (Fsp3) is 0.435. The molecule has 1 saturated carbocycles. The Morgan fingerprint density at radius 2 is 1.89 bits per heavy atom. The molecular formula is C23H26FNO3. The molecule has 2 aromatic rings. The Morgan fingerprint density at radius 3 is 2.57 bits per heavy atom. The summed E-state index contributed by atoms with van der Waals surface area (Å²) in [4.78, 5) is 15.2. The molecule has 1 unspecified atom stereocenters. The average molecular weight is 383 g/mol. The number of morpholine rings is 1. The molecule has 1 atom stereocenters. The third-order valence-electron chi connectivity index (χ3n) is 5.87. The van der Waals surface area contributed by atoms with Crippen LogP contribution >= 0.6 is 0 Å². The molecule has 0 radical (unpaired) electrons. The average Bonchev–Trinajstić information content (AvgIpc) is 2.68. The smallest absolute Gasteiger partial charge is 0.316 e. The summed E-state index contributed by atoms with van der Waals surface area (Å²) in [5, 5.41) is 0. The van der Waals surface area contributed by atoms with Crippen molar-refractivity contribution in [2.75, 3.05) is 26.3 Å². The lowest BCUT2D eigenvalue weighted by Crippen LogP contribution is -2.47. The van der Waals surface area contributed by atoms with Crippen LogP contribution in [0.25, 0.3) is 0 Å². The van der Waals surface area contributed by atoms with Crippen LogP contribution < -0.4 is 0 Å². The van der Waals surface area contributed by atoms with Crippen molar-refractivity contribution in [2.45, 2.75) is 37.3 Å². The topological polar surface area (TPSA) is 38.8 Å². The van der Waals surface area contributed by atoms with Gasteiger partial charge in [0.05, 0.1) is 12.0 Å². The summed E-state index contributed by atoms with van der Waals surface area (Å²) >= 11 is 0. The number of carbonyl (C=O) groups excluding carboxylic acids is 1. The zero-order chi connectivity index (χ0) is 19.4. The van der Waals surface area contributed by atoms with Crippen molar-refractivity contribution in [1.82, 2.24) is 4.90 Å². The van der Waals surface area contributed by atoms with Gasteiger partial charge in [-0.05, 0) is 36.1 Å². The molecule has 0 amide bonds. The minimum atomic E-state index is -0.619. The van der Waals surface area contributed by atoms with Gasteiger partial charge in [-0.25, -0.2) is 4.39 Å². The van der Waals surface area contributed by atoms with Crippen molar-refractivity contribution in [3.63, 3.8) is 0 Å². The third-order valence-corrected chi connectivity index (χ3v) is 5.87. The highest BCUT2D eigenvalue weighted by atomic mass is 19.1. The SMILES string of the molecule is O=C(OCC1CN(Cc2ccccc2)CCO1)C1(c2ccc(F)cc2)CCC1. The molecule has 1 saturated heterocycles. The van der Waals surface area contributed by atoms with Crippen LogP contribution in [0.3, 0.4) is 0 Å². The first-order valence-corrected chi connectivity index (χ1v) is 9.97. The molecule has 0 bridgehead atoms. The van der Waals surface area contributed by atoms with Gasteiger partial charge in [0.15, 0.2) is 0 Å². The Bertz CT molecular complexity index is 789. The molecule has 1 aliphatic carbocycles. The van der Waals surface area contributed by atoms with Gasteiger partial charge in [0.25, 0.3) is 0 Å². The van der Waals surface area contributed by atoms with E-state index in [1.807, 2.05) is 18.2 Å². The Balaban J connectivity index is 1.33. The summed E-state index contributed by atoms with van der Waals surface area (Å²) in [5.41, 5.74) is 1.50. The van der Waals surface area contributed by atoms with E-state index in [2.05, 4.69) is 17.0 Å². The number of benzene rings is 2. The maximum absolute atomic E-state index is 13.2. The first-order chi connectivity index (χ1) is 13.7. The first kappa shape index (κ1) is 19.1. The molecule has 5 heteroatoms. The maximum Gasteiger partial charge on any atom is 0.316 e. The second kappa shape index (κ2) is 8.41. The van der Waals surface area contributed by atoms with Crippen LogP contribution in [0.2, 0.25) is 0 Å². The molecule has 4 nitrogen and oxygen atoms in total. The standard InChI is InChI=1S/C23H26FNO3/c24-20-9-7-19(8-10-20)23(11-4-12-23)22(26)28-17-21-16-25(13-14-27-21)15-18-5-2-1-3-6-18/h1-3,5-10,21H,4,11-17H2. The Labute approximate surface area is 165 Å². The summed E-state index contributed by atoms with van der Waals surface area (Å²) in [7, 11) is 0. The second-order valence-electron chi connectivity index (χ2n) is 7.75. The number of halogens is 1. The summed E-state index contributed by atoms with van der Waals surface area (Å²) in [6, 6.07) is 16.6. The summed E-state index contributed by atoms with van der Waals surface area (Å²) in [6.45, 7) is 3.38. The predicted octanol–water partition coefficient (Wildman–Crippen LogP) is 3.69. The largest absolute Gasteiger partial charge is 0.462 e. The summed E-state index contributed by atoms with van der Waals surface area (Å²) in [5.74, 6) is -0.505. The Hall–Kier alpha value is -2.24. The summed E-state index contributed by atoms with van der Waals surface area (Å²) < 4.78 is 24.7. The van der Waals surface area contributed by atoms with E-state index in [0.29, 0.717) is 6.61 Å². The van der Waals surface area contributed by atoms with E-state index in [1.54, 1.807) is 12.1 Å². The molecule has 1 heterocycles. The van der Waals surface area contributed by atoms with Crippen LogP contribution in [-0.2, 0) is 26.2 Å². The monoisotopic (exact) mass is 383 g/mol. The van der Waals surface area contributed by atoms with Gasteiger partial charge in [0.2, 0.25) is 0 Å². The summed E-state index contributed by atoms with van der Waals surface area (Å²) in [6.07, 6.45) is 2.37. The number of nitrogens with zero attached hydrogens (tertiary/aromatic N) is 1. The highest BCUT2D eigenvalue weighted by Crippen LogP contribution is 2.44. The van der Waals surface area contributed by atoms with Crippen molar-refractivity contribution in [3.8, 4) is 0 Å². The van der Waals surface area contributed by atoms with Crippen LogP contribution in [0.15, 0.2) is 54.6 Å². The van der Waals surface area contributed by atoms with Gasteiger partial charge >= 0.3 is 5.97 Å². The number of rotatable bonds is 6. The van der Waals surface area contributed by atoms with E-state index in [1.165, 1.54) is 17.7 Å². The van der Waals surface area contributed by atoms with E-state index < -0.39 is 5.41 Å². The number of hydrogen-bond donors (Lipinski definition) is 0. The van der Waals surface area contributed by atoms with E-state index in [0.717, 1.165) is 44.5 Å². The Morgan fingerprint density at radius 1 is 1.14 bits per heavy atom. The van der Waals surface area contributed by atoms with Crippen molar-refractivity contribution in [1.29, 1.82) is 0 Å². The molecule has 0 aromatic heterocycles. The van der Waals surface area contributed by atoms with Gasteiger partial charge in [-0.15, -0.1) is 0 Å². The fourth-order valence-electron chi connectivity index (χ4n) is 4.08. The maximum atomic E-state index is 13.2. The lowest BCUT2D eigenvalue weighted by molar-refractivity contribution is -0.161. The molecular weight excluding hydrogens is 357 g/mol. The van der Waals surface area contributed by atoms with Gasteiger partial charge < -0.3 is 9.47 Å². The Kier molecular flexibility index (Phi) is 5.74. The number of carbonyl (C=O) groups is 1. The van der Waals surface area contributed by atoms with Crippen molar-refractivity contribution >= 4 is 5.97 Å². The highest BCUT2D eigenvalue weighted by Gasteiger charge is 2.47. The van der Waals surface area contributed by atoms with E-state index in [4.69, 9.17) is 9.47 Å². The van der Waals surface area contributed by atoms with Gasteiger partial charge in [-0.1, -0.05) is 48.9 Å². The third kappa shape index (κ3) is 4.10. The van der Waals surface area contributed by atoms with Gasteiger partial charge in [-0.2, -0.15) is 0 Å². The zero-order valence-electron chi connectivity index (χ0n) is 16.0. The van der Waals surface area contributed by atoms with Crippen molar-refractivity contribution in [3.05, 3.63) is 71.5 Å². The van der Waals surface area contributed by atoms with Gasteiger partial charge in [0.1, 0.15) is 18.5 Å². The number of ether oxygens (including phenoxy) is 2. The van der Waals surface area contributed by atoms with Gasteiger partial charge in [-0.3, -0.25) is 9.69 Å². The molecule has 2 aliphatic rings. The zero-order valence-corrected chi connectivity index (χ0v) is 16.0. The lowest BCUT2D eigenvalue weighted by atomic mass is 9.64. The van der Waals surface area contributed by atoms with E-state index >= 15 is 0 Å². The molecule has 0 spiro atoms. The number of hydrogen-bond acceptors (Lipinski definition) is 4. The van der Waals surface area contributed by atoms with Crippen LogP contribution in [0.1, 0.15) is 30.4 Å². The highest BCUT2D eigenvalue weighted by molar-refractivity contribution is 5.84. The molecule has 2 aromatic carbocycles. The van der Waals surface area contributed by atoms with E-state index in [-0.39, 0.29) is 24.5 Å².